The first kappa shape index (κ1) is 37.0. The summed E-state index contributed by atoms with van der Waals surface area (Å²) in [7, 11) is 15.6. The van der Waals surface area contributed by atoms with Crippen LogP contribution in [0.4, 0.5) is 22.7 Å². The molecule has 8 nitrogen and oxygen atoms in total. The van der Waals surface area contributed by atoms with Crippen molar-refractivity contribution in [2.45, 2.75) is 0 Å². The van der Waals surface area contributed by atoms with E-state index in [0.717, 1.165) is 22.7 Å². The Hall–Kier alpha value is -4.01. The van der Waals surface area contributed by atoms with Gasteiger partial charge in [0.1, 0.15) is 0 Å². The van der Waals surface area contributed by atoms with E-state index in [1.807, 2.05) is 125 Å². The Morgan fingerprint density at radius 1 is 0.293 bits per heavy atom. The molecule has 0 radical (unpaired) electrons. The molecule has 0 aliphatic carbocycles. The van der Waals surface area contributed by atoms with Gasteiger partial charge in [0.05, 0.1) is 0 Å². The molecule has 216 valence electrons. The predicted octanol–water partition coefficient (Wildman–Crippen LogP) is 3.30. The van der Waals surface area contributed by atoms with Crippen LogP contribution in [0.25, 0.3) is 0 Å². The molecule has 0 aliphatic rings. The Kier molecular flexibility index (Phi) is 17.3. The van der Waals surface area contributed by atoms with Crippen molar-refractivity contribution in [3.63, 3.8) is 0 Å². The summed E-state index contributed by atoms with van der Waals surface area (Å²) in [4.78, 5) is 7.83. The van der Waals surface area contributed by atoms with Crippen molar-refractivity contribution in [2.24, 2.45) is 0 Å². The van der Waals surface area contributed by atoms with Gasteiger partial charge in [-0.3, -0.25) is 0 Å². The molecule has 0 spiro atoms. The van der Waals surface area contributed by atoms with E-state index in [1.165, 1.54) is 0 Å². The fraction of sp³-hybridized carbons (Fsp3) is 0.250. The summed E-state index contributed by atoms with van der Waals surface area (Å²) in [5, 5.41) is 42.5. The standard InChI is InChI=1S/4C8H11NO.Ti/c4*1-9(2)7-3-5-8(10)6-4-7;/h4*3-6,10H,1-2H3;/q;;;;+4/p-4. The Balaban J connectivity index is 0.000000516. The van der Waals surface area contributed by atoms with Crippen LogP contribution in [0.5, 0.6) is 23.0 Å². The van der Waals surface area contributed by atoms with Crippen LogP contribution in [0.3, 0.4) is 0 Å². The Morgan fingerprint density at radius 3 is 0.512 bits per heavy atom. The Bertz CT molecular complexity index is 1020. The number of nitrogens with zero attached hydrogens (tertiary/aromatic N) is 4. The maximum Gasteiger partial charge on any atom is 4.00 e. The minimum Gasteiger partial charge on any atom is -0.872 e. The van der Waals surface area contributed by atoms with Gasteiger partial charge in [0.2, 0.25) is 0 Å². The van der Waals surface area contributed by atoms with Crippen LogP contribution in [-0.4, -0.2) is 56.4 Å². The fourth-order valence-corrected chi connectivity index (χ4v) is 2.98. The predicted molar refractivity (Wildman–Crippen MR) is 161 cm³/mol. The molecule has 0 aliphatic heterocycles. The molecule has 0 N–H and O–H groups in total. The molecule has 0 saturated carbocycles. The smallest absolute Gasteiger partial charge is 0.872 e. The minimum absolute atomic E-state index is 0. The Labute approximate surface area is 260 Å². The summed E-state index contributed by atoms with van der Waals surface area (Å²) in [6.07, 6.45) is 0. The first-order chi connectivity index (χ1) is 18.8. The largest absolute Gasteiger partial charge is 4.00 e. The number of rotatable bonds is 4. The molecule has 4 rings (SSSR count). The molecule has 4 aromatic rings. The first-order valence-electron chi connectivity index (χ1n) is 12.6. The van der Waals surface area contributed by atoms with Crippen molar-refractivity contribution < 1.29 is 42.1 Å². The first-order valence-corrected chi connectivity index (χ1v) is 12.6. The molecule has 0 unspecified atom stereocenters. The molecule has 0 aromatic heterocycles. The van der Waals surface area contributed by atoms with Crippen LogP contribution in [0.15, 0.2) is 97.1 Å². The Morgan fingerprint density at radius 2 is 0.415 bits per heavy atom. The van der Waals surface area contributed by atoms with Gasteiger partial charge < -0.3 is 40.0 Å². The van der Waals surface area contributed by atoms with Gasteiger partial charge in [0, 0.05) is 79.1 Å². The van der Waals surface area contributed by atoms with Crippen LogP contribution < -0.4 is 40.0 Å². The third-order valence-electron chi connectivity index (χ3n) is 5.41. The van der Waals surface area contributed by atoms with Gasteiger partial charge in [-0.15, -0.1) is 23.0 Å². The molecule has 9 heteroatoms. The maximum absolute atomic E-state index is 10.6. The summed E-state index contributed by atoms with van der Waals surface area (Å²) < 4.78 is 0. The summed E-state index contributed by atoms with van der Waals surface area (Å²) >= 11 is 0. The number of anilines is 4. The van der Waals surface area contributed by atoms with Gasteiger partial charge >= 0.3 is 21.7 Å². The second kappa shape index (κ2) is 19.1. The number of hydrogen-bond donors (Lipinski definition) is 0. The zero-order valence-electron chi connectivity index (χ0n) is 25.2. The van der Waals surface area contributed by atoms with E-state index >= 15 is 0 Å². The zero-order valence-corrected chi connectivity index (χ0v) is 26.7. The molecule has 0 atom stereocenters. The summed E-state index contributed by atoms with van der Waals surface area (Å²) in [6, 6.07) is 27.0. The maximum atomic E-state index is 10.6. The van der Waals surface area contributed by atoms with E-state index in [0.29, 0.717) is 0 Å². The number of benzene rings is 4. The second-order valence-corrected chi connectivity index (χ2v) is 9.55. The van der Waals surface area contributed by atoms with E-state index in [-0.39, 0.29) is 44.7 Å². The van der Waals surface area contributed by atoms with E-state index in [9.17, 15) is 20.4 Å². The van der Waals surface area contributed by atoms with Gasteiger partial charge in [-0.1, -0.05) is 48.5 Å². The third-order valence-corrected chi connectivity index (χ3v) is 5.41. The van der Waals surface area contributed by atoms with Crippen molar-refractivity contribution >= 4 is 22.7 Å². The molecule has 0 saturated heterocycles. The molecular weight excluding hydrogens is 552 g/mol. The zero-order chi connectivity index (χ0) is 30.2. The second-order valence-electron chi connectivity index (χ2n) is 9.55. The van der Waals surface area contributed by atoms with Crippen LogP contribution in [0.2, 0.25) is 0 Å². The van der Waals surface area contributed by atoms with E-state index in [1.54, 1.807) is 48.5 Å². The van der Waals surface area contributed by atoms with Gasteiger partial charge in [-0.05, 0) is 48.5 Å². The van der Waals surface area contributed by atoms with E-state index < -0.39 is 0 Å². The van der Waals surface area contributed by atoms with Crippen molar-refractivity contribution in [3.8, 4) is 23.0 Å². The SMILES string of the molecule is CN(C)c1ccc([O-])cc1.CN(C)c1ccc([O-])cc1.CN(C)c1ccc([O-])cc1.CN(C)c1ccc([O-])cc1.[Ti+4]. The van der Waals surface area contributed by atoms with Gasteiger partial charge in [0.15, 0.2) is 0 Å². The van der Waals surface area contributed by atoms with E-state index in [2.05, 4.69) is 0 Å². The van der Waals surface area contributed by atoms with Crippen LogP contribution >= 0.6 is 0 Å². The van der Waals surface area contributed by atoms with Crippen molar-refractivity contribution in [3.05, 3.63) is 97.1 Å². The van der Waals surface area contributed by atoms with Crippen LogP contribution in [-0.2, 0) is 21.7 Å². The molecule has 41 heavy (non-hydrogen) atoms. The average Bonchev–Trinajstić information content (AvgIpc) is 2.91. The van der Waals surface area contributed by atoms with Gasteiger partial charge in [-0.2, -0.15) is 0 Å². The minimum atomic E-state index is 0. The quantitative estimate of drug-likeness (QED) is 0.333. The molecule has 4 aromatic carbocycles. The summed E-state index contributed by atoms with van der Waals surface area (Å²) in [5.41, 5.74) is 4.22. The molecule has 0 bridgehead atoms. The normalized spacial score (nSPS) is 9.17. The molecule has 0 amide bonds. The molecular formula is C32H40N4O4Ti. The van der Waals surface area contributed by atoms with E-state index in [4.69, 9.17) is 0 Å². The van der Waals surface area contributed by atoms with Gasteiger partial charge in [0.25, 0.3) is 0 Å². The van der Waals surface area contributed by atoms with Gasteiger partial charge in [-0.25, -0.2) is 0 Å². The molecule has 0 fully saturated rings. The van der Waals surface area contributed by atoms with Crippen molar-refractivity contribution in [2.75, 3.05) is 76.0 Å². The van der Waals surface area contributed by atoms with Crippen LogP contribution in [0, 0.1) is 0 Å². The molecule has 0 heterocycles. The third kappa shape index (κ3) is 15.4. The average molecular weight is 593 g/mol. The monoisotopic (exact) mass is 592 g/mol. The van der Waals surface area contributed by atoms with Crippen molar-refractivity contribution in [1.82, 2.24) is 0 Å². The summed E-state index contributed by atoms with van der Waals surface area (Å²) in [6.45, 7) is 0. The van der Waals surface area contributed by atoms with Crippen molar-refractivity contribution in [1.29, 1.82) is 0 Å². The van der Waals surface area contributed by atoms with Crippen LogP contribution in [0.1, 0.15) is 0 Å². The summed E-state index contributed by atoms with van der Waals surface area (Å²) in [5.74, 6) is 0.243. The topological polar surface area (TPSA) is 105 Å². The number of hydrogen-bond acceptors (Lipinski definition) is 8. The fourth-order valence-electron chi connectivity index (χ4n) is 2.98.